The van der Waals surface area contributed by atoms with E-state index in [2.05, 4.69) is 0 Å². The Bertz CT molecular complexity index is 583. The summed E-state index contributed by atoms with van der Waals surface area (Å²) in [4.78, 5) is 34.3. The minimum Gasteiger partial charge on any atom is -0.468 e. The van der Waals surface area contributed by atoms with Crippen molar-refractivity contribution in [2.75, 3.05) is 7.11 Å². The molecule has 20 heavy (non-hydrogen) atoms. The van der Waals surface area contributed by atoms with E-state index < -0.39 is 28.5 Å². The van der Waals surface area contributed by atoms with Crippen molar-refractivity contribution in [1.29, 1.82) is 0 Å². The standard InChI is InChI=1S/C14H13ClO5/c1-8(16)20-10-5-3-4-9(6-10)14(13(18)19-2)7-11(14)12(15)17/h3-6,11H,7H2,1-2H3/t11-,14-/m0/s1. The Hall–Kier alpha value is -1.88. The smallest absolute Gasteiger partial charge is 0.317 e. The summed E-state index contributed by atoms with van der Waals surface area (Å²) < 4.78 is 9.75. The average Bonchev–Trinajstić information content (AvgIpc) is 3.14. The van der Waals surface area contributed by atoms with Crippen molar-refractivity contribution < 1.29 is 23.9 Å². The van der Waals surface area contributed by atoms with Crippen molar-refractivity contribution in [1.82, 2.24) is 0 Å². The third-order valence-corrected chi connectivity index (χ3v) is 3.66. The molecule has 0 bridgehead atoms. The number of halogens is 1. The number of carbonyl (C=O) groups is 3. The largest absolute Gasteiger partial charge is 0.468 e. The van der Waals surface area contributed by atoms with Crippen molar-refractivity contribution in [2.24, 2.45) is 5.92 Å². The summed E-state index contributed by atoms with van der Waals surface area (Å²) in [5.41, 5.74) is -0.508. The van der Waals surface area contributed by atoms with Gasteiger partial charge in [0.1, 0.15) is 11.2 Å². The van der Waals surface area contributed by atoms with Crippen LogP contribution in [0.5, 0.6) is 5.75 Å². The van der Waals surface area contributed by atoms with Gasteiger partial charge in [-0.3, -0.25) is 14.4 Å². The zero-order valence-corrected chi connectivity index (χ0v) is 11.8. The molecule has 6 heteroatoms. The lowest BCUT2D eigenvalue weighted by molar-refractivity contribution is -0.144. The lowest BCUT2D eigenvalue weighted by Gasteiger charge is -2.15. The predicted octanol–water partition coefficient (Wildman–Crippen LogP) is 1.81. The number of methoxy groups -OCH3 is 1. The normalized spacial score (nSPS) is 23.9. The highest BCUT2D eigenvalue weighted by molar-refractivity contribution is 6.64. The minimum atomic E-state index is -1.07. The maximum atomic E-state index is 12.0. The molecule has 1 aliphatic rings. The van der Waals surface area contributed by atoms with Crippen molar-refractivity contribution >= 4 is 28.8 Å². The monoisotopic (exact) mass is 296 g/mol. The van der Waals surface area contributed by atoms with Crippen LogP contribution in [0.4, 0.5) is 0 Å². The average molecular weight is 297 g/mol. The number of carbonyl (C=O) groups excluding carboxylic acids is 3. The SMILES string of the molecule is COC(=O)[C@]1(c2cccc(OC(C)=O)c2)C[C@H]1C(=O)Cl. The molecule has 0 radical (unpaired) electrons. The van der Waals surface area contributed by atoms with Crippen LogP contribution in [0.2, 0.25) is 0 Å². The summed E-state index contributed by atoms with van der Waals surface area (Å²) in [6.07, 6.45) is 0.297. The van der Waals surface area contributed by atoms with Crippen LogP contribution in [0.3, 0.4) is 0 Å². The molecule has 0 N–H and O–H groups in total. The van der Waals surface area contributed by atoms with Gasteiger partial charge in [-0.2, -0.15) is 0 Å². The van der Waals surface area contributed by atoms with Crippen LogP contribution in [-0.2, 0) is 24.5 Å². The van der Waals surface area contributed by atoms with Crippen molar-refractivity contribution in [3.05, 3.63) is 29.8 Å². The van der Waals surface area contributed by atoms with Gasteiger partial charge in [0.25, 0.3) is 0 Å². The number of esters is 2. The fourth-order valence-corrected chi connectivity index (χ4v) is 2.65. The molecule has 106 valence electrons. The molecule has 0 amide bonds. The van der Waals surface area contributed by atoms with E-state index in [0.717, 1.165) is 0 Å². The van der Waals surface area contributed by atoms with Gasteiger partial charge in [0, 0.05) is 6.92 Å². The van der Waals surface area contributed by atoms with Crippen molar-refractivity contribution in [3.63, 3.8) is 0 Å². The molecule has 0 aromatic heterocycles. The fourth-order valence-electron chi connectivity index (χ4n) is 2.38. The number of benzene rings is 1. The molecule has 0 spiro atoms. The Labute approximate surface area is 120 Å². The van der Waals surface area contributed by atoms with Gasteiger partial charge in [-0.1, -0.05) is 12.1 Å². The summed E-state index contributed by atoms with van der Waals surface area (Å²) in [5, 5.41) is -0.576. The van der Waals surface area contributed by atoms with Gasteiger partial charge < -0.3 is 9.47 Å². The van der Waals surface area contributed by atoms with Gasteiger partial charge in [0.05, 0.1) is 13.0 Å². The van der Waals surface area contributed by atoms with E-state index >= 15 is 0 Å². The molecule has 1 saturated carbocycles. The van der Waals surface area contributed by atoms with Crippen LogP contribution in [0.25, 0.3) is 0 Å². The molecular formula is C14H13ClO5. The molecule has 0 saturated heterocycles. The maximum absolute atomic E-state index is 12.0. The van der Waals surface area contributed by atoms with Crippen LogP contribution < -0.4 is 4.74 Å². The van der Waals surface area contributed by atoms with Gasteiger partial charge in [-0.15, -0.1) is 0 Å². The third kappa shape index (κ3) is 2.41. The number of rotatable bonds is 4. The van der Waals surface area contributed by atoms with E-state index in [1.165, 1.54) is 14.0 Å². The van der Waals surface area contributed by atoms with Crippen molar-refractivity contribution in [2.45, 2.75) is 18.8 Å². The van der Waals surface area contributed by atoms with E-state index in [-0.39, 0.29) is 0 Å². The maximum Gasteiger partial charge on any atom is 0.317 e. The van der Waals surface area contributed by atoms with Gasteiger partial charge in [0.15, 0.2) is 0 Å². The summed E-state index contributed by atoms with van der Waals surface area (Å²) in [6.45, 7) is 1.28. The fraction of sp³-hybridized carbons (Fsp3) is 0.357. The second-order valence-electron chi connectivity index (χ2n) is 4.65. The highest BCUT2D eigenvalue weighted by atomic mass is 35.5. The zero-order valence-electron chi connectivity index (χ0n) is 11.0. The molecule has 1 aliphatic carbocycles. The summed E-state index contributed by atoms with van der Waals surface area (Å²) in [7, 11) is 1.26. The summed E-state index contributed by atoms with van der Waals surface area (Å²) in [5.74, 6) is -1.28. The van der Waals surface area contributed by atoms with Gasteiger partial charge >= 0.3 is 11.9 Å². The molecule has 2 rings (SSSR count). The Morgan fingerprint density at radius 1 is 1.35 bits per heavy atom. The third-order valence-electron chi connectivity index (χ3n) is 3.40. The minimum absolute atomic E-state index is 0.297. The first-order valence-electron chi connectivity index (χ1n) is 5.98. The first kappa shape index (κ1) is 14.5. The highest BCUT2D eigenvalue weighted by Gasteiger charge is 2.65. The Kier molecular flexibility index (Phi) is 3.81. The molecule has 2 atom stereocenters. The zero-order chi connectivity index (χ0) is 14.9. The second-order valence-corrected chi connectivity index (χ2v) is 5.02. The molecule has 0 unspecified atom stereocenters. The first-order valence-corrected chi connectivity index (χ1v) is 6.36. The number of hydrogen-bond acceptors (Lipinski definition) is 5. The molecule has 0 heterocycles. The molecule has 1 aromatic carbocycles. The van der Waals surface area contributed by atoms with Gasteiger partial charge in [0.2, 0.25) is 5.24 Å². The molecule has 5 nitrogen and oxygen atoms in total. The Balaban J connectivity index is 2.39. The number of ether oxygens (including phenoxy) is 2. The second kappa shape index (κ2) is 5.25. The van der Waals surface area contributed by atoms with Gasteiger partial charge in [-0.05, 0) is 35.7 Å². The van der Waals surface area contributed by atoms with Crippen LogP contribution >= 0.6 is 11.6 Å². The lowest BCUT2D eigenvalue weighted by atomic mass is 9.93. The van der Waals surface area contributed by atoms with Crippen LogP contribution in [0, 0.1) is 5.92 Å². The molecule has 1 fully saturated rings. The Morgan fingerprint density at radius 3 is 2.55 bits per heavy atom. The molecule has 1 aromatic rings. The van der Waals surface area contributed by atoms with E-state index in [9.17, 15) is 14.4 Å². The summed E-state index contributed by atoms with van der Waals surface area (Å²) >= 11 is 5.50. The van der Waals surface area contributed by atoms with E-state index in [1.807, 2.05) is 0 Å². The van der Waals surface area contributed by atoms with Crippen LogP contribution in [0.1, 0.15) is 18.9 Å². The van der Waals surface area contributed by atoms with E-state index in [4.69, 9.17) is 21.1 Å². The van der Waals surface area contributed by atoms with Gasteiger partial charge in [-0.25, -0.2) is 0 Å². The lowest BCUT2D eigenvalue weighted by Crippen LogP contribution is -2.26. The molecule has 0 aliphatic heterocycles. The molecular weight excluding hydrogens is 284 g/mol. The van der Waals surface area contributed by atoms with Crippen LogP contribution in [-0.4, -0.2) is 24.3 Å². The van der Waals surface area contributed by atoms with E-state index in [1.54, 1.807) is 24.3 Å². The predicted molar refractivity (Wildman–Crippen MR) is 70.4 cm³/mol. The summed E-state index contributed by atoms with van der Waals surface area (Å²) in [6, 6.07) is 6.48. The van der Waals surface area contributed by atoms with Crippen molar-refractivity contribution in [3.8, 4) is 5.75 Å². The Morgan fingerprint density at radius 2 is 2.05 bits per heavy atom. The highest BCUT2D eigenvalue weighted by Crippen LogP contribution is 2.56. The quantitative estimate of drug-likeness (QED) is 0.481. The topological polar surface area (TPSA) is 69.7 Å². The first-order chi connectivity index (χ1) is 9.41. The van der Waals surface area contributed by atoms with E-state index in [0.29, 0.717) is 17.7 Å². The van der Waals surface area contributed by atoms with Crippen LogP contribution in [0.15, 0.2) is 24.3 Å². The number of hydrogen-bond donors (Lipinski definition) is 0.